The van der Waals surface area contributed by atoms with Gasteiger partial charge in [-0.2, -0.15) is 0 Å². The van der Waals surface area contributed by atoms with E-state index in [1.807, 2.05) is 17.8 Å². The fourth-order valence-corrected chi connectivity index (χ4v) is 3.28. The highest BCUT2D eigenvalue weighted by molar-refractivity contribution is 8.13. The van der Waals surface area contributed by atoms with Crippen molar-refractivity contribution < 1.29 is 8.42 Å². The molecular formula is C10H10ClNO3S2. The van der Waals surface area contributed by atoms with Crippen LogP contribution in [0.4, 0.5) is 0 Å². The predicted molar refractivity (Wildman–Crippen MR) is 69.5 cm³/mol. The molecular weight excluding hydrogens is 282 g/mol. The highest BCUT2D eigenvalue weighted by Crippen LogP contribution is 2.24. The number of aromatic nitrogens is 1. The first-order chi connectivity index (χ1) is 7.80. The summed E-state index contributed by atoms with van der Waals surface area (Å²) in [6.07, 6.45) is 0. The maximum Gasteiger partial charge on any atom is 0.261 e. The normalized spacial score (nSPS) is 12.5. The fraction of sp³-hybridized carbons (Fsp3) is 0.300. The maximum absolute atomic E-state index is 11.7. The van der Waals surface area contributed by atoms with Crippen LogP contribution in [0.2, 0.25) is 0 Å². The molecule has 92 valence electrons. The molecule has 17 heavy (non-hydrogen) atoms. The Balaban J connectivity index is 2.81. The Hall–Kier alpha value is -0.850. The van der Waals surface area contributed by atoms with Gasteiger partial charge in [-0.3, -0.25) is 8.75 Å². The van der Waals surface area contributed by atoms with Gasteiger partial charge in [-0.15, -0.1) is 0 Å². The third-order valence-corrected chi connectivity index (χ3v) is 4.91. The van der Waals surface area contributed by atoms with E-state index in [4.69, 9.17) is 10.7 Å². The van der Waals surface area contributed by atoms with Crippen molar-refractivity contribution in [1.82, 2.24) is 3.96 Å². The Kier molecular flexibility index (Phi) is 3.05. The molecule has 4 nitrogen and oxygen atoms in total. The van der Waals surface area contributed by atoms with Gasteiger partial charge in [0, 0.05) is 16.7 Å². The van der Waals surface area contributed by atoms with E-state index in [1.165, 1.54) is 12.1 Å². The summed E-state index contributed by atoms with van der Waals surface area (Å²) >= 11 is 1.08. The summed E-state index contributed by atoms with van der Waals surface area (Å²) < 4.78 is 24.1. The molecule has 0 atom stereocenters. The lowest BCUT2D eigenvalue weighted by Crippen LogP contribution is -1.96. The minimum atomic E-state index is -3.79. The second-order valence-electron chi connectivity index (χ2n) is 3.92. The Morgan fingerprint density at radius 2 is 2.00 bits per heavy atom. The number of hydrogen-bond donors (Lipinski definition) is 0. The Labute approximate surface area is 107 Å². The summed E-state index contributed by atoms with van der Waals surface area (Å²) in [4.78, 5) is 11.7. The zero-order valence-corrected chi connectivity index (χ0v) is 11.6. The van der Waals surface area contributed by atoms with Crippen molar-refractivity contribution >= 4 is 42.2 Å². The molecule has 2 aromatic rings. The van der Waals surface area contributed by atoms with Crippen molar-refractivity contribution in [3.63, 3.8) is 0 Å². The lowest BCUT2D eigenvalue weighted by atomic mass is 10.2. The minimum Gasteiger partial charge on any atom is -0.292 e. The standard InChI is InChI=1S/C10H10ClNO3S2/c1-6(2)12-9-4-3-7(17(11,14)15)5-8(9)10(13)16-12/h3-6H,1-2H3. The van der Waals surface area contributed by atoms with Crippen molar-refractivity contribution in [2.45, 2.75) is 24.8 Å². The second kappa shape index (κ2) is 4.12. The number of halogens is 1. The zero-order chi connectivity index (χ0) is 12.8. The van der Waals surface area contributed by atoms with Crippen LogP contribution in [0.1, 0.15) is 19.9 Å². The van der Waals surface area contributed by atoms with Crippen LogP contribution in [0.15, 0.2) is 27.9 Å². The highest BCUT2D eigenvalue weighted by Gasteiger charge is 2.15. The van der Waals surface area contributed by atoms with Gasteiger partial charge in [0.05, 0.1) is 15.8 Å². The molecule has 1 heterocycles. The smallest absolute Gasteiger partial charge is 0.261 e. The van der Waals surface area contributed by atoms with Gasteiger partial charge in [-0.1, -0.05) is 0 Å². The van der Waals surface area contributed by atoms with Crippen LogP contribution < -0.4 is 4.74 Å². The molecule has 0 fully saturated rings. The molecule has 7 heteroatoms. The molecule has 1 aromatic heterocycles. The van der Waals surface area contributed by atoms with E-state index in [9.17, 15) is 13.2 Å². The van der Waals surface area contributed by atoms with E-state index >= 15 is 0 Å². The summed E-state index contributed by atoms with van der Waals surface area (Å²) in [7, 11) is 1.45. The first kappa shape index (κ1) is 12.6. The van der Waals surface area contributed by atoms with Gasteiger partial charge in [0.15, 0.2) is 0 Å². The number of hydrogen-bond acceptors (Lipinski definition) is 4. The average Bonchev–Trinajstić information content (AvgIpc) is 2.55. The SMILES string of the molecule is CC(C)n1sc(=O)c2cc(S(=O)(=O)Cl)ccc21. The summed E-state index contributed by atoms with van der Waals surface area (Å²) in [5.74, 6) is 0. The molecule has 0 aliphatic rings. The maximum atomic E-state index is 11.7. The Morgan fingerprint density at radius 3 is 2.53 bits per heavy atom. The summed E-state index contributed by atoms with van der Waals surface area (Å²) in [6, 6.07) is 4.51. The van der Waals surface area contributed by atoms with Gasteiger partial charge in [-0.25, -0.2) is 8.42 Å². The highest BCUT2D eigenvalue weighted by atomic mass is 35.7. The van der Waals surface area contributed by atoms with Crippen LogP contribution in [-0.4, -0.2) is 12.4 Å². The van der Waals surface area contributed by atoms with E-state index < -0.39 is 9.05 Å². The van der Waals surface area contributed by atoms with Gasteiger partial charge in [0.2, 0.25) is 0 Å². The number of rotatable bonds is 2. The van der Waals surface area contributed by atoms with E-state index in [-0.39, 0.29) is 15.7 Å². The fourth-order valence-electron chi connectivity index (χ4n) is 1.59. The molecule has 0 spiro atoms. The molecule has 2 rings (SSSR count). The summed E-state index contributed by atoms with van der Waals surface area (Å²) in [6.45, 7) is 3.92. The Morgan fingerprint density at radius 1 is 1.35 bits per heavy atom. The number of fused-ring (bicyclic) bond motifs is 1. The number of benzene rings is 1. The molecule has 0 N–H and O–H groups in total. The van der Waals surface area contributed by atoms with Crippen molar-refractivity contribution in [3.8, 4) is 0 Å². The Bertz CT molecular complexity index is 728. The van der Waals surface area contributed by atoms with Gasteiger partial charge in [0.25, 0.3) is 13.8 Å². The van der Waals surface area contributed by atoms with Gasteiger partial charge >= 0.3 is 0 Å². The molecule has 0 aliphatic carbocycles. The number of nitrogens with zero attached hydrogens (tertiary/aromatic N) is 1. The average molecular weight is 292 g/mol. The lowest BCUT2D eigenvalue weighted by molar-refractivity contribution is 0.609. The van der Waals surface area contributed by atoms with E-state index in [0.717, 1.165) is 17.0 Å². The minimum absolute atomic E-state index is 0.0440. The molecule has 1 aromatic carbocycles. The topological polar surface area (TPSA) is 56.1 Å². The van der Waals surface area contributed by atoms with Gasteiger partial charge < -0.3 is 0 Å². The van der Waals surface area contributed by atoms with Crippen LogP contribution in [0.3, 0.4) is 0 Å². The molecule has 0 bridgehead atoms. The molecule has 0 saturated carbocycles. The summed E-state index contributed by atoms with van der Waals surface area (Å²) in [5.41, 5.74) is 0.735. The molecule has 0 aliphatic heterocycles. The molecule has 0 radical (unpaired) electrons. The van der Waals surface area contributed by atoms with Crippen LogP contribution in [0.5, 0.6) is 0 Å². The van der Waals surface area contributed by atoms with Crippen LogP contribution >= 0.6 is 22.2 Å². The van der Waals surface area contributed by atoms with Gasteiger partial charge in [0.1, 0.15) is 0 Å². The molecule has 0 amide bonds. The van der Waals surface area contributed by atoms with Gasteiger partial charge in [-0.05, 0) is 43.6 Å². The molecule has 0 unspecified atom stereocenters. The van der Waals surface area contributed by atoms with Crippen molar-refractivity contribution in [1.29, 1.82) is 0 Å². The summed E-state index contributed by atoms with van der Waals surface area (Å²) in [5, 5.41) is 0.394. The molecule has 0 saturated heterocycles. The first-order valence-electron chi connectivity index (χ1n) is 4.91. The largest absolute Gasteiger partial charge is 0.292 e. The van der Waals surface area contributed by atoms with Crippen LogP contribution in [0, 0.1) is 0 Å². The van der Waals surface area contributed by atoms with E-state index in [1.54, 1.807) is 6.07 Å². The third-order valence-electron chi connectivity index (χ3n) is 2.36. The zero-order valence-electron chi connectivity index (χ0n) is 9.18. The van der Waals surface area contributed by atoms with Crippen LogP contribution in [0.25, 0.3) is 10.9 Å². The lowest BCUT2D eigenvalue weighted by Gasteiger charge is -2.06. The second-order valence-corrected chi connectivity index (χ2v) is 7.43. The quantitative estimate of drug-likeness (QED) is 0.799. The van der Waals surface area contributed by atoms with E-state index in [2.05, 4.69) is 0 Å². The monoisotopic (exact) mass is 291 g/mol. The van der Waals surface area contributed by atoms with Crippen LogP contribution in [-0.2, 0) is 9.05 Å². The third kappa shape index (κ3) is 2.25. The first-order valence-corrected chi connectivity index (χ1v) is 7.99. The predicted octanol–water partition coefficient (Wildman–Crippen LogP) is 2.57. The van der Waals surface area contributed by atoms with Crippen molar-refractivity contribution in [2.75, 3.05) is 0 Å². The van der Waals surface area contributed by atoms with E-state index in [0.29, 0.717) is 5.39 Å². The van der Waals surface area contributed by atoms with Crippen molar-refractivity contribution in [3.05, 3.63) is 27.7 Å². The van der Waals surface area contributed by atoms with Crippen molar-refractivity contribution in [2.24, 2.45) is 0 Å².